The highest BCUT2D eigenvalue weighted by molar-refractivity contribution is 7.91. The predicted molar refractivity (Wildman–Crippen MR) is 111 cm³/mol. The number of methoxy groups -OCH3 is 1. The van der Waals surface area contributed by atoms with Gasteiger partial charge < -0.3 is 4.74 Å². The molecule has 4 nitrogen and oxygen atoms in total. The molecular weight excluding hydrogens is 413 g/mol. The molecule has 1 aromatic heterocycles. The predicted octanol–water partition coefficient (Wildman–Crippen LogP) is 5.54. The van der Waals surface area contributed by atoms with Gasteiger partial charge >= 0.3 is 0 Å². The second kappa shape index (κ2) is 7.46. The molecular formula is C22H15ClFNO3S. The molecule has 0 unspecified atom stereocenters. The SMILES string of the molecule is COc1cccc(S(=O)(=O)c2cc3cc(F)ccc3nc2-c2ccc(Cl)cc2)c1. The van der Waals surface area contributed by atoms with Crippen LogP contribution in [-0.2, 0) is 9.84 Å². The normalized spacial score (nSPS) is 11.6. The van der Waals surface area contributed by atoms with E-state index in [4.69, 9.17) is 16.3 Å². The van der Waals surface area contributed by atoms with Crippen LogP contribution in [0.1, 0.15) is 0 Å². The second-order valence-electron chi connectivity index (χ2n) is 6.36. The highest BCUT2D eigenvalue weighted by Crippen LogP contribution is 2.34. The van der Waals surface area contributed by atoms with Crippen LogP contribution < -0.4 is 4.74 Å². The van der Waals surface area contributed by atoms with Gasteiger partial charge in [0.1, 0.15) is 11.6 Å². The van der Waals surface area contributed by atoms with Gasteiger partial charge in [0.2, 0.25) is 9.84 Å². The van der Waals surface area contributed by atoms with Gasteiger partial charge in [-0.15, -0.1) is 0 Å². The van der Waals surface area contributed by atoms with E-state index in [0.29, 0.717) is 27.2 Å². The Morgan fingerprint density at radius 1 is 0.966 bits per heavy atom. The molecule has 0 radical (unpaired) electrons. The molecule has 0 aliphatic rings. The van der Waals surface area contributed by atoms with E-state index in [9.17, 15) is 12.8 Å². The molecule has 146 valence electrons. The Hall–Kier alpha value is -2.96. The van der Waals surface area contributed by atoms with E-state index in [1.54, 1.807) is 36.4 Å². The maximum absolute atomic E-state index is 13.7. The molecule has 3 aromatic carbocycles. The van der Waals surface area contributed by atoms with Crippen LogP contribution in [0.2, 0.25) is 5.02 Å². The Labute approximate surface area is 172 Å². The second-order valence-corrected chi connectivity index (χ2v) is 8.72. The molecule has 1 heterocycles. The van der Waals surface area contributed by atoms with Gasteiger partial charge in [0.05, 0.1) is 28.1 Å². The first kappa shape index (κ1) is 19.4. The minimum atomic E-state index is -3.96. The third kappa shape index (κ3) is 3.69. The molecule has 0 saturated heterocycles. The summed E-state index contributed by atoms with van der Waals surface area (Å²) in [7, 11) is -2.50. The summed E-state index contributed by atoms with van der Waals surface area (Å²) in [5.41, 5.74) is 1.34. The first-order chi connectivity index (χ1) is 13.9. The van der Waals surface area contributed by atoms with Crippen molar-refractivity contribution in [3.63, 3.8) is 0 Å². The number of rotatable bonds is 4. The van der Waals surface area contributed by atoms with Gasteiger partial charge in [-0.25, -0.2) is 17.8 Å². The minimum Gasteiger partial charge on any atom is -0.497 e. The number of aromatic nitrogens is 1. The molecule has 0 fully saturated rings. The number of fused-ring (bicyclic) bond motifs is 1. The fourth-order valence-electron chi connectivity index (χ4n) is 3.04. The zero-order chi connectivity index (χ0) is 20.6. The van der Waals surface area contributed by atoms with Crippen molar-refractivity contribution in [2.45, 2.75) is 9.79 Å². The van der Waals surface area contributed by atoms with Gasteiger partial charge in [-0.3, -0.25) is 0 Å². The lowest BCUT2D eigenvalue weighted by molar-refractivity contribution is 0.413. The van der Waals surface area contributed by atoms with Crippen LogP contribution in [0.4, 0.5) is 4.39 Å². The Bertz CT molecular complexity index is 1320. The van der Waals surface area contributed by atoms with Crippen molar-refractivity contribution in [3.8, 4) is 17.0 Å². The Balaban J connectivity index is 2.02. The van der Waals surface area contributed by atoms with E-state index in [1.165, 1.54) is 43.5 Å². The van der Waals surface area contributed by atoms with Gasteiger partial charge in [-0.05, 0) is 54.6 Å². The number of halogens is 2. The minimum absolute atomic E-state index is 0.0221. The van der Waals surface area contributed by atoms with Crippen LogP contribution in [0.5, 0.6) is 5.75 Å². The molecule has 4 aromatic rings. The average molecular weight is 428 g/mol. The van der Waals surface area contributed by atoms with Crippen molar-refractivity contribution in [2.75, 3.05) is 7.11 Å². The van der Waals surface area contributed by atoms with Crippen molar-refractivity contribution in [2.24, 2.45) is 0 Å². The van der Waals surface area contributed by atoms with Crippen molar-refractivity contribution in [1.29, 1.82) is 0 Å². The van der Waals surface area contributed by atoms with Crippen LogP contribution >= 0.6 is 11.6 Å². The molecule has 0 N–H and O–H groups in total. The summed E-state index contributed by atoms with van der Waals surface area (Å²) >= 11 is 5.98. The van der Waals surface area contributed by atoms with Gasteiger partial charge in [0.25, 0.3) is 0 Å². The fourth-order valence-corrected chi connectivity index (χ4v) is 4.65. The number of benzene rings is 3. The third-order valence-electron chi connectivity index (χ3n) is 4.50. The van der Waals surface area contributed by atoms with Gasteiger partial charge in [0, 0.05) is 16.0 Å². The third-order valence-corrected chi connectivity index (χ3v) is 6.52. The van der Waals surface area contributed by atoms with Gasteiger partial charge in [-0.1, -0.05) is 29.8 Å². The highest BCUT2D eigenvalue weighted by Gasteiger charge is 2.25. The monoisotopic (exact) mass is 427 g/mol. The molecule has 0 aliphatic heterocycles. The van der Waals surface area contributed by atoms with Gasteiger partial charge in [-0.2, -0.15) is 0 Å². The molecule has 4 rings (SSSR count). The van der Waals surface area contributed by atoms with E-state index in [2.05, 4.69) is 4.98 Å². The fraction of sp³-hybridized carbons (Fsp3) is 0.0455. The molecule has 0 aliphatic carbocycles. The molecule has 0 bridgehead atoms. The Morgan fingerprint density at radius 2 is 1.72 bits per heavy atom. The van der Waals surface area contributed by atoms with Crippen LogP contribution in [0.3, 0.4) is 0 Å². The lowest BCUT2D eigenvalue weighted by atomic mass is 10.1. The zero-order valence-electron chi connectivity index (χ0n) is 15.3. The summed E-state index contributed by atoms with van der Waals surface area (Å²) < 4.78 is 45.9. The Kier molecular flexibility index (Phi) is 4.98. The van der Waals surface area contributed by atoms with Crippen LogP contribution in [0, 0.1) is 5.82 Å². The molecule has 29 heavy (non-hydrogen) atoms. The van der Waals surface area contributed by atoms with E-state index in [-0.39, 0.29) is 15.5 Å². The first-order valence-corrected chi connectivity index (χ1v) is 10.5. The highest BCUT2D eigenvalue weighted by atomic mass is 35.5. The average Bonchev–Trinajstić information content (AvgIpc) is 2.73. The summed E-state index contributed by atoms with van der Waals surface area (Å²) in [5, 5.41) is 0.915. The largest absolute Gasteiger partial charge is 0.497 e. The van der Waals surface area contributed by atoms with E-state index in [0.717, 1.165) is 0 Å². The maximum atomic E-state index is 13.7. The number of hydrogen-bond donors (Lipinski definition) is 0. The van der Waals surface area contributed by atoms with Crippen molar-refractivity contribution < 1.29 is 17.5 Å². The van der Waals surface area contributed by atoms with E-state index >= 15 is 0 Å². The smallest absolute Gasteiger partial charge is 0.208 e. The van der Waals surface area contributed by atoms with Crippen molar-refractivity contribution in [1.82, 2.24) is 4.98 Å². The zero-order valence-corrected chi connectivity index (χ0v) is 16.8. The molecule has 0 amide bonds. The summed E-state index contributed by atoms with van der Waals surface area (Å²) in [6.45, 7) is 0. The van der Waals surface area contributed by atoms with Crippen LogP contribution in [0.15, 0.2) is 82.6 Å². The summed E-state index contributed by atoms with van der Waals surface area (Å²) in [4.78, 5) is 4.57. The molecule has 0 atom stereocenters. The first-order valence-electron chi connectivity index (χ1n) is 8.64. The lowest BCUT2D eigenvalue weighted by Gasteiger charge is -2.13. The standard InChI is InChI=1S/C22H15ClFNO3S/c1-28-18-3-2-4-19(13-18)29(26,27)21-12-15-11-17(24)9-10-20(15)25-22(21)14-5-7-16(23)8-6-14/h2-13H,1H3. The number of pyridine rings is 1. The number of sulfone groups is 1. The van der Waals surface area contributed by atoms with Crippen LogP contribution in [0.25, 0.3) is 22.2 Å². The van der Waals surface area contributed by atoms with E-state index in [1.807, 2.05) is 0 Å². The van der Waals surface area contributed by atoms with Crippen molar-refractivity contribution >= 4 is 32.3 Å². The lowest BCUT2D eigenvalue weighted by Crippen LogP contribution is -2.06. The van der Waals surface area contributed by atoms with Crippen LogP contribution in [-0.4, -0.2) is 20.5 Å². The van der Waals surface area contributed by atoms with Crippen molar-refractivity contribution in [3.05, 3.63) is 83.6 Å². The number of hydrogen-bond acceptors (Lipinski definition) is 4. The molecule has 0 spiro atoms. The molecule has 7 heteroatoms. The maximum Gasteiger partial charge on any atom is 0.208 e. The summed E-state index contributed by atoms with van der Waals surface area (Å²) in [6.07, 6.45) is 0. The van der Waals surface area contributed by atoms with E-state index < -0.39 is 15.7 Å². The topological polar surface area (TPSA) is 56.3 Å². The molecule has 0 saturated carbocycles. The summed E-state index contributed by atoms with van der Waals surface area (Å²) in [5.74, 6) is -0.0535. The summed E-state index contributed by atoms with van der Waals surface area (Å²) in [6, 6.07) is 18.4. The number of ether oxygens (including phenoxy) is 1. The van der Waals surface area contributed by atoms with Gasteiger partial charge in [0.15, 0.2) is 0 Å². The quantitative estimate of drug-likeness (QED) is 0.429. The number of nitrogens with zero attached hydrogens (tertiary/aromatic N) is 1. The Morgan fingerprint density at radius 3 is 2.45 bits per heavy atom.